The molecule has 0 saturated carbocycles. The maximum absolute atomic E-state index is 11.0. The monoisotopic (exact) mass is 280 g/mol. The number of ether oxygens (including phenoxy) is 1. The number of likely N-dealkylation sites (N-methyl/N-ethyl adjacent to an activating group) is 1. The van der Waals surface area contributed by atoms with Crippen LogP contribution >= 0.6 is 0 Å². The number of nitro benzene ring substituents is 1. The number of nitro groups is 1. The van der Waals surface area contributed by atoms with E-state index in [1.807, 2.05) is 6.07 Å². The maximum atomic E-state index is 11.0. The van der Waals surface area contributed by atoms with E-state index in [4.69, 9.17) is 4.74 Å². The Morgan fingerprint density at radius 2 is 2.05 bits per heavy atom. The first-order valence-electron chi connectivity index (χ1n) is 6.58. The number of methoxy groups -OCH3 is 1. The summed E-state index contributed by atoms with van der Waals surface area (Å²) in [5.41, 5.74) is 4.18. The summed E-state index contributed by atoms with van der Waals surface area (Å²) in [4.78, 5) is 12.8. The molecule has 0 aromatic heterocycles. The van der Waals surface area contributed by atoms with E-state index >= 15 is 0 Å². The van der Waals surface area contributed by atoms with Gasteiger partial charge in [0.1, 0.15) is 0 Å². The third-order valence-electron chi connectivity index (χ3n) is 3.45. The van der Waals surface area contributed by atoms with E-state index in [0.717, 1.165) is 31.7 Å². The van der Waals surface area contributed by atoms with Gasteiger partial charge in [0, 0.05) is 38.8 Å². The van der Waals surface area contributed by atoms with Gasteiger partial charge in [-0.2, -0.15) is 0 Å². The van der Waals surface area contributed by atoms with Crippen LogP contribution in [-0.4, -0.2) is 55.2 Å². The highest BCUT2D eigenvalue weighted by molar-refractivity contribution is 5.48. The van der Waals surface area contributed by atoms with Crippen molar-refractivity contribution >= 4 is 5.69 Å². The first-order chi connectivity index (χ1) is 9.60. The Bertz CT molecular complexity index is 473. The van der Waals surface area contributed by atoms with Gasteiger partial charge in [0.2, 0.25) is 0 Å². The van der Waals surface area contributed by atoms with E-state index in [9.17, 15) is 10.1 Å². The molecule has 7 nitrogen and oxygen atoms in total. The van der Waals surface area contributed by atoms with Crippen molar-refractivity contribution < 1.29 is 9.66 Å². The minimum Gasteiger partial charge on any atom is -0.490 e. The number of hydrogen-bond donors (Lipinski definition) is 1. The summed E-state index contributed by atoms with van der Waals surface area (Å²) in [5, 5.41) is 13.1. The lowest BCUT2D eigenvalue weighted by Crippen LogP contribution is -2.50. The minimum atomic E-state index is -0.418. The van der Waals surface area contributed by atoms with Crippen LogP contribution in [0.5, 0.6) is 5.75 Å². The number of nitrogens with zero attached hydrogens (tertiary/aromatic N) is 3. The van der Waals surface area contributed by atoms with Crippen LogP contribution in [0.15, 0.2) is 18.2 Å². The Morgan fingerprint density at radius 3 is 2.65 bits per heavy atom. The molecule has 7 heteroatoms. The fourth-order valence-corrected chi connectivity index (χ4v) is 2.16. The van der Waals surface area contributed by atoms with Crippen molar-refractivity contribution in [2.24, 2.45) is 0 Å². The Hall–Kier alpha value is -1.70. The fourth-order valence-electron chi connectivity index (χ4n) is 2.16. The SMILES string of the molecule is COc1ccc(CNN2CCN(C)CC2)cc1[N+](=O)[O-]. The molecule has 0 bridgehead atoms. The van der Waals surface area contributed by atoms with Gasteiger partial charge in [-0.3, -0.25) is 15.5 Å². The molecule has 0 amide bonds. The average Bonchev–Trinajstić information content (AvgIpc) is 2.46. The summed E-state index contributed by atoms with van der Waals surface area (Å²) >= 11 is 0. The quantitative estimate of drug-likeness (QED) is 0.637. The molecule has 1 N–H and O–H groups in total. The molecule has 0 atom stereocenters. The molecule has 0 unspecified atom stereocenters. The highest BCUT2D eigenvalue weighted by Crippen LogP contribution is 2.27. The van der Waals surface area contributed by atoms with E-state index in [2.05, 4.69) is 22.4 Å². The van der Waals surface area contributed by atoms with Crippen molar-refractivity contribution in [2.45, 2.75) is 6.54 Å². The number of benzene rings is 1. The smallest absolute Gasteiger partial charge is 0.311 e. The Kier molecular flexibility index (Phi) is 4.89. The maximum Gasteiger partial charge on any atom is 0.311 e. The average molecular weight is 280 g/mol. The lowest BCUT2D eigenvalue weighted by atomic mass is 10.2. The van der Waals surface area contributed by atoms with Crippen LogP contribution in [0, 0.1) is 10.1 Å². The van der Waals surface area contributed by atoms with Gasteiger partial charge >= 0.3 is 5.69 Å². The molecule has 1 saturated heterocycles. The predicted molar refractivity (Wildman–Crippen MR) is 75.6 cm³/mol. The second kappa shape index (κ2) is 6.65. The van der Waals surface area contributed by atoms with Crippen LogP contribution in [0.25, 0.3) is 0 Å². The largest absolute Gasteiger partial charge is 0.490 e. The molecule has 2 rings (SSSR count). The molecule has 1 heterocycles. The zero-order chi connectivity index (χ0) is 14.5. The minimum absolute atomic E-state index is 0.00479. The van der Waals surface area contributed by atoms with Crippen LogP contribution in [0.4, 0.5) is 5.69 Å². The van der Waals surface area contributed by atoms with Crippen molar-refractivity contribution in [3.63, 3.8) is 0 Å². The number of hydrogen-bond acceptors (Lipinski definition) is 6. The summed E-state index contributed by atoms with van der Waals surface area (Å²) in [5.74, 6) is 0.290. The molecule has 0 aliphatic carbocycles. The summed E-state index contributed by atoms with van der Waals surface area (Å²) < 4.78 is 4.99. The van der Waals surface area contributed by atoms with Gasteiger partial charge in [0.15, 0.2) is 5.75 Å². The van der Waals surface area contributed by atoms with Crippen molar-refractivity contribution in [2.75, 3.05) is 40.3 Å². The fraction of sp³-hybridized carbons (Fsp3) is 0.538. The highest BCUT2D eigenvalue weighted by atomic mass is 16.6. The number of hydrazine groups is 1. The van der Waals surface area contributed by atoms with Gasteiger partial charge in [0.25, 0.3) is 0 Å². The molecule has 1 aliphatic rings. The zero-order valence-electron chi connectivity index (χ0n) is 11.8. The standard InChI is InChI=1S/C13H20N4O3/c1-15-5-7-16(8-6-15)14-10-11-3-4-13(20-2)12(9-11)17(18)19/h3-4,9,14H,5-8,10H2,1-2H3. The normalized spacial score (nSPS) is 17.1. The van der Waals surface area contributed by atoms with Crippen molar-refractivity contribution in [3.8, 4) is 5.75 Å². The molecule has 20 heavy (non-hydrogen) atoms. The molecule has 110 valence electrons. The van der Waals surface area contributed by atoms with E-state index in [0.29, 0.717) is 12.3 Å². The first-order valence-corrected chi connectivity index (χ1v) is 6.58. The van der Waals surface area contributed by atoms with Crippen LogP contribution in [0.2, 0.25) is 0 Å². The zero-order valence-corrected chi connectivity index (χ0v) is 11.8. The van der Waals surface area contributed by atoms with Crippen LogP contribution in [0.3, 0.4) is 0 Å². The molecule has 1 aromatic carbocycles. The van der Waals surface area contributed by atoms with Gasteiger partial charge in [0.05, 0.1) is 12.0 Å². The van der Waals surface area contributed by atoms with Crippen LogP contribution in [-0.2, 0) is 6.54 Å². The molecule has 1 aromatic rings. The summed E-state index contributed by atoms with van der Waals surface area (Å²) in [6.07, 6.45) is 0. The Morgan fingerprint density at radius 1 is 1.35 bits per heavy atom. The molecule has 0 radical (unpaired) electrons. The van der Waals surface area contributed by atoms with Crippen LogP contribution < -0.4 is 10.2 Å². The summed E-state index contributed by atoms with van der Waals surface area (Å²) in [7, 11) is 3.54. The lowest BCUT2D eigenvalue weighted by Gasteiger charge is -2.32. The molecule has 1 fully saturated rings. The van der Waals surface area contributed by atoms with Gasteiger partial charge in [-0.05, 0) is 18.7 Å². The topological polar surface area (TPSA) is 70.9 Å². The van der Waals surface area contributed by atoms with Gasteiger partial charge < -0.3 is 9.64 Å². The van der Waals surface area contributed by atoms with E-state index < -0.39 is 4.92 Å². The van der Waals surface area contributed by atoms with E-state index in [1.165, 1.54) is 7.11 Å². The molecular weight excluding hydrogens is 260 g/mol. The van der Waals surface area contributed by atoms with Crippen molar-refractivity contribution in [3.05, 3.63) is 33.9 Å². The van der Waals surface area contributed by atoms with Crippen molar-refractivity contribution in [1.29, 1.82) is 0 Å². The third-order valence-corrected chi connectivity index (χ3v) is 3.45. The number of piperazine rings is 1. The second-order valence-electron chi connectivity index (χ2n) is 4.89. The van der Waals surface area contributed by atoms with Gasteiger partial charge in [-0.1, -0.05) is 6.07 Å². The summed E-state index contributed by atoms with van der Waals surface area (Å²) in [6, 6.07) is 5.04. The molecular formula is C13H20N4O3. The van der Waals surface area contributed by atoms with E-state index in [1.54, 1.807) is 12.1 Å². The first kappa shape index (κ1) is 14.7. The van der Waals surface area contributed by atoms with Crippen molar-refractivity contribution in [1.82, 2.24) is 15.3 Å². The number of rotatable bonds is 5. The number of nitrogens with one attached hydrogen (secondary N) is 1. The van der Waals surface area contributed by atoms with Gasteiger partial charge in [-0.15, -0.1) is 0 Å². The van der Waals surface area contributed by atoms with Crippen LogP contribution in [0.1, 0.15) is 5.56 Å². The lowest BCUT2D eigenvalue weighted by molar-refractivity contribution is -0.385. The van der Waals surface area contributed by atoms with Gasteiger partial charge in [-0.25, -0.2) is 5.01 Å². The summed E-state index contributed by atoms with van der Waals surface area (Å²) in [6.45, 7) is 4.53. The predicted octanol–water partition coefficient (Wildman–Crippen LogP) is 0.855. The third kappa shape index (κ3) is 3.66. The molecule has 1 aliphatic heterocycles. The van der Waals surface area contributed by atoms with E-state index in [-0.39, 0.29) is 5.69 Å². The Labute approximate surface area is 118 Å². The highest BCUT2D eigenvalue weighted by Gasteiger charge is 2.16. The Balaban J connectivity index is 1.96. The molecule has 0 spiro atoms. The second-order valence-corrected chi connectivity index (χ2v) is 4.89.